The minimum atomic E-state index is -0.623. The van der Waals surface area contributed by atoms with Crippen molar-refractivity contribution in [1.29, 1.82) is 0 Å². The molecule has 1 heterocycles. The lowest BCUT2D eigenvalue weighted by molar-refractivity contribution is 0.572. The van der Waals surface area contributed by atoms with Crippen LogP contribution in [0, 0.1) is 17.6 Å². The maximum absolute atomic E-state index is 13.7. The smallest absolute Gasteiger partial charge is 0.153 e. The minimum absolute atomic E-state index is 0.208. The SMILES string of the molecule is Fc1cc(F)c2nc(CCl)n(CCCC3CC3)c2c1. The predicted octanol–water partition coefficient (Wildman–Crippen LogP) is 4.24. The van der Waals surface area contributed by atoms with E-state index in [1.54, 1.807) is 0 Å². The van der Waals surface area contributed by atoms with Gasteiger partial charge in [-0.3, -0.25) is 0 Å². The zero-order valence-corrected chi connectivity index (χ0v) is 11.3. The fourth-order valence-corrected chi connectivity index (χ4v) is 2.70. The molecule has 0 amide bonds. The highest BCUT2D eigenvalue weighted by Gasteiger charge is 2.21. The monoisotopic (exact) mass is 284 g/mol. The highest BCUT2D eigenvalue weighted by molar-refractivity contribution is 6.16. The number of aryl methyl sites for hydroxylation is 1. The first-order valence-corrected chi connectivity index (χ1v) is 7.12. The van der Waals surface area contributed by atoms with Crippen LogP contribution in [0.3, 0.4) is 0 Å². The van der Waals surface area contributed by atoms with Gasteiger partial charge in [-0.15, -0.1) is 11.6 Å². The Bertz CT molecular complexity index is 605. The van der Waals surface area contributed by atoms with E-state index in [9.17, 15) is 8.78 Å². The summed E-state index contributed by atoms with van der Waals surface area (Å²) in [5.74, 6) is 0.468. The van der Waals surface area contributed by atoms with Crippen molar-refractivity contribution >= 4 is 22.6 Å². The number of rotatable bonds is 5. The van der Waals surface area contributed by atoms with Crippen LogP contribution in [-0.2, 0) is 12.4 Å². The topological polar surface area (TPSA) is 17.8 Å². The molecule has 1 aromatic heterocycles. The second-order valence-corrected chi connectivity index (χ2v) is 5.42. The number of nitrogens with zero attached hydrogens (tertiary/aromatic N) is 2. The van der Waals surface area contributed by atoms with Crippen LogP contribution < -0.4 is 0 Å². The number of benzene rings is 1. The van der Waals surface area contributed by atoms with Crippen molar-refractivity contribution in [2.45, 2.75) is 38.1 Å². The molecule has 2 nitrogen and oxygen atoms in total. The van der Waals surface area contributed by atoms with E-state index in [2.05, 4.69) is 4.98 Å². The van der Waals surface area contributed by atoms with Gasteiger partial charge in [0.05, 0.1) is 11.4 Å². The molecular formula is C14H15ClF2N2. The summed E-state index contributed by atoms with van der Waals surface area (Å²) < 4.78 is 28.9. The molecule has 1 aromatic carbocycles. The van der Waals surface area contributed by atoms with Crippen molar-refractivity contribution in [2.75, 3.05) is 0 Å². The van der Waals surface area contributed by atoms with E-state index in [1.165, 1.54) is 25.3 Å². The summed E-state index contributed by atoms with van der Waals surface area (Å²) in [6, 6.07) is 2.19. The fourth-order valence-electron chi connectivity index (χ4n) is 2.49. The molecule has 0 radical (unpaired) electrons. The Balaban J connectivity index is 1.94. The molecule has 0 saturated heterocycles. The maximum atomic E-state index is 13.7. The molecule has 5 heteroatoms. The van der Waals surface area contributed by atoms with Crippen LogP contribution in [-0.4, -0.2) is 9.55 Å². The zero-order chi connectivity index (χ0) is 13.4. The van der Waals surface area contributed by atoms with Crippen LogP contribution >= 0.6 is 11.6 Å². The van der Waals surface area contributed by atoms with Gasteiger partial charge in [-0.1, -0.05) is 12.8 Å². The van der Waals surface area contributed by atoms with Gasteiger partial charge in [-0.2, -0.15) is 0 Å². The third kappa shape index (κ3) is 2.59. The largest absolute Gasteiger partial charge is 0.327 e. The van der Waals surface area contributed by atoms with Crippen LogP contribution in [0.2, 0.25) is 0 Å². The van der Waals surface area contributed by atoms with E-state index in [0.29, 0.717) is 11.3 Å². The van der Waals surface area contributed by atoms with E-state index in [-0.39, 0.29) is 11.4 Å². The van der Waals surface area contributed by atoms with Gasteiger partial charge in [0, 0.05) is 12.6 Å². The summed E-state index contributed by atoms with van der Waals surface area (Å²) in [6.07, 6.45) is 4.80. The number of aromatic nitrogens is 2. The quantitative estimate of drug-likeness (QED) is 0.751. The van der Waals surface area contributed by atoms with Gasteiger partial charge in [0.15, 0.2) is 5.82 Å². The highest BCUT2D eigenvalue weighted by atomic mass is 35.5. The average Bonchev–Trinajstić information content (AvgIpc) is 3.12. The summed E-state index contributed by atoms with van der Waals surface area (Å²) in [5.41, 5.74) is 0.715. The van der Waals surface area contributed by atoms with E-state index in [0.717, 1.165) is 24.9 Å². The molecule has 0 spiro atoms. The first-order valence-electron chi connectivity index (χ1n) is 6.59. The fraction of sp³-hybridized carbons (Fsp3) is 0.500. The molecule has 1 fully saturated rings. The van der Waals surface area contributed by atoms with Crippen LogP contribution in [0.4, 0.5) is 8.78 Å². The normalized spacial score (nSPS) is 15.3. The summed E-state index contributed by atoms with van der Waals surface area (Å²) in [6.45, 7) is 0.720. The van der Waals surface area contributed by atoms with Crippen molar-refractivity contribution in [1.82, 2.24) is 9.55 Å². The van der Waals surface area contributed by atoms with Gasteiger partial charge in [0.25, 0.3) is 0 Å². The average molecular weight is 285 g/mol. The minimum Gasteiger partial charge on any atom is -0.327 e. The number of hydrogen-bond donors (Lipinski definition) is 0. The van der Waals surface area contributed by atoms with Gasteiger partial charge < -0.3 is 4.57 Å². The van der Waals surface area contributed by atoms with Gasteiger partial charge >= 0.3 is 0 Å². The Morgan fingerprint density at radius 1 is 1.32 bits per heavy atom. The molecule has 2 aromatic rings. The van der Waals surface area contributed by atoms with Gasteiger partial charge in [-0.25, -0.2) is 13.8 Å². The summed E-state index contributed by atoms with van der Waals surface area (Å²) in [5, 5.41) is 0. The summed E-state index contributed by atoms with van der Waals surface area (Å²) in [4.78, 5) is 4.17. The van der Waals surface area contributed by atoms with Crippen LogP contribution in [0.1, 0.15) is 31.5 Å². The summed E-state index contributed by atoms with van der Waals surface area (Å²) in [7, 11) is 0. The Labute approximate surface area is 115 Å². The van der Waals surface area contributed by atoms with Crippen molar-refractivity contribution in [3.8, 4) is 0 Å². The molecule has 3 rings (SSSR count). The Morgan fingerprint density at radius 3 is 2.79 bits per heavy atom. The molecule has 1 aliphatic carbocycles. The first kappa shape index (κ1) is 12.9. The molecule has 102 valence electrons. The number of halogens is 3. The van der Waals surface area contributed by atoms with Gasteiger partial charge in [0.1, 0.15) is 17.2 Å². The third-order valence-corrected chi connectivity index (χ3v) is 3.90. The number of imidazole rings is 1. The number of fused-ring (bicyclic) bond motifs is 1. The summed E-state index contributed by atoms with van der Waals surface area (Å²) >= 11 is 5.85. The van der Waals surface area contributed by atoms with Crippen molar-refractivity contribution < 1.29 is 8.78 Å². The van der Waals surface area contributed by atoms with Crippen molar-refractivity contribution in [3.05, 3.63) is 29.6 Å². The molecule has 0 atom stereocenters. The predicted molar refractivity (Wildman–Crippen MR) is 71.2 cm³/mol. The maximum Gasteiger partial charge on any atom is 0.153 e. The standard InChI is InChI=1S/C14H15ClF2N2/c15-8-13-18-14-11(17)6-10(16)7-12(14)19(13)5-1-2-9-3-4-9/h6-7,9H,1-5,8H2. The molecular weight excluding hydrogens is 270 g/mol. The molecule has 0 N–H and O–H groups in total. The molecule has 0 unspecified atom stereocenters. The second-order valence-electron chi connectivity index (χ2n) is 5.15. The van der Waals surface area contributed by atoms with Crippen molar-refractivity contribution in [3.63, 3.8) is 0 Å². The van der Waals surface area contributed by atoms with E-state index in [1.807, 2.05) is 4.57 Å². The lowest BCUT2D eigenvalue weighted by Gasteiger charge is -2.07. The van der Waals surface area contributed by atoms with Crippen LogP contribution in [0.15, 0.2) is 12.1 Å². The van der Waals surface area contributed by atoms with Crippen LogP contribution in [0.5, 0.6) is 0 Å². The molecule has 0 aliphatic heterocycles. The van der Waals surface area contributed by atoms with E-state index < -0.39 is 11.6 Å². The highest BCUT2D eigenvalue weighted by Crippen LogP contribution is 2.34. The second kappa shape index (κ2) is 5.08. The molecule has 0 bridgehead atoms. The van der Waals surface area contributed by atoms with E-state index >= 15 is 0 Å². The van der Waals surface area contributed by atoms with Crippen molar-refractivity contribution in [2.24, 2.45) is 5.92 Å². The Morgan fingerprint density at radius 2 is 2.11 bits per heavy atom. The Kier molecular flexibility index (Phi) is 3.44. The third-order valence-electron chi connectivity index (χ3n) is 3.66. The molecule has 1 aliphatic rings. The van der Waals surface area contributed by atoms with Gasteiger partial charge in [0.2, 0.25) is 0 Å². The number of hydrogen-bond acceptors (Lipinski definition) is 1. The lowest BCUT2D eigenvalue weighted by Crippen LogP contribution is -2.03. The number of alkyl halides is 1. The Hall–Kier alpha value is -1.16. The van der Waals surface area contributed by atoms with Crippen LogP contribution in [0.25, 0.3) is 11.0 Å². The van der Waals surface area contributed by atoms with Gasteiger partial charge in [-0.05, 0) is 24.8 Å². The molecule has 19 heavy (non-hydrogen) atoms. The van der Waals surface area contributed by atoms with E-state index in [4.69, 9.17) is 11.6 Å². The zero-order valence-electron chi connectivity index (χ0n) is 10.5. The lowest BCUT2D eigenvalue weighted by atomic mass is 10.2. The first-order chi connectivity index (χ1) is 9.19. The molecule has 1 saturated carbocycles.